The van der Waals surface area contributed by atoms with E-state index in [1.165, 1.54) is 16.7 Å². The van der Waals surface area contributed by atoms with E-state index in [2.05, 4.69) is 66.6 Å². The molecule has 0 spiro atoms. The summed E-state index contributed by atoms with van der Waals surface area (Å²) >= 11 is 0. The Bertz CT molecular complexity index is 790. The molecule has 0 atom stereocenters. The second-order valence-corrected chi connectivity index (χ2v) is 5.80. The van der Waals surface area contributed by atoms with E-state index in [0.29, 0.717) is 6.54 Å². The van der Waals surface area contributed by atoms with Gasteiger partial charge in [0.25, 0.3) is 0 Å². The second kappa shape index (κ2) is 6.75. The molecule has 0 saturated heterocycles. The van der Waals surface area contributed by atoms with E-state index in [-0.39, 0.29) is 0 Å². The van der Waals surface area contributed by atoms with Gasteiger partial charge >= 0.3 is 0 Å². The van der Waals surface area contributed by atoms with Crippen LogP contribution < -0.4 is 5.73 Å². The molecule has 4 nitrogen and oxygen atoms in total. The Morgan fingerprint density at radius 2 is 1.74 bits per heavy atom. The van der Waals surface area contributed by atoms with Crippen molar-refractivity contribution >= 4 is 0 Å². The van der Waals surface area contributed by atoms with E-state index in [4.69, 9.17) is 5.73 Å². The number of nitrogens with two attached hydrogens (primary N) is 1. The zero-order valence-corrected chi connectivity index (χ0v) is 13.7. The SMILES string of the molecule is Cc1cccc(-n2nnc(CN)c2CCc2ccccc2)c1C. The van der Waals surface area contributed by atoms with Crippen LogP contribution in [0.4, 0.5) is 0 Å². The molecule has 1 heterocycles. The molecule has 1 aromatic heterocycles. The highest BCUT2D eigenvalue weighted by molar-refractivity contribution is 5.45. The van der Waals surface area contributed by atoms with Crippen molar-refractivity contribution in [2.45, 2.75) is 33.2 Å². The molecule has 3 aromatic rings. The lowest BCUT2D eigenvalue weighted by Gasteiger charge is -2.12. The fourth-order valence-electron chi connectivity index (χ4n) is 2.81. The van der Waals surface area contributed by atoms with Gasteiger partial charge in [0.05, 0.1) is 17.1 Å². The first-order valence-corrected chi connectivity index (χ1v) is 7.94. The van der Waals surface area contributed by atoms with Crippen LogP contribution in [-0.2, 0) is 19.4 Å². The maximum atomic E-state index is 5.86. The summed E-state index contributed by atoms with van der Waals surface area (Å²) in [7, 11) is 0. The number of benzene rings is 2. The largest absolute Gasteiger partial charge is 0.325 e. The van der Waals surface area contributed by atoms with Gasteiger partial charge in [0, 0.05) is 6.54 Å². The van der Waals surface area contributed by atoms with Gasteiger partial charge in [-0.3, -0.25) is 0 Å². The quantitative estimate of drug-likeness (QED) is 0.788. The number of rotatable bonds is 5. The fraction of sp³-hybridized carbons (Fsp3) is 0.263. The van der Waals surface area contributed by atoms with Crippen LogP contribution in [0.25, 0.3) is 5.69 Å². The third-order valence-corrected chi connectivity index (χ3v) is 4.33. The van der Waals surface area contributed by atoms with E-state index in [9.17, 15) is 0 Å². The predicted octanol–water partition coefficient (Wildman–Crippen LogP) is 3.13. The molecule has 0 radical (unpaired) electrons. The number of nitrogens with zero attached hydrogens (tertiary/aromatic N) is 3. The summed E-state index contributed by atoms with van der Waals surface area (Å²) in [6.07, 6.45) is 1.82. The first-order valence-electron chi connectivity index (χ1n) is 7.94. The minimum absolute atomic E-state index is 0.412. The topological polar surface area (TPSA) is 56.7 Å². The Morgan fingerprint density at radius 1 is 0.957 bits per heavy atom. The average Bonchev–Trinajstić information content (AvgIpc) is 2.99. The number of aryl methyl sites for hydroxylation is 2. The van der Waals surface area contributed by atoms with Gasteiger partial charge in [0.15, 0.2) is 0 Å². The monoisotopic (exact) mass is 306 g/mol. The zero-order valence-electron chi connectivity index (χ0n) is 13.7. The van der Waals surface area contributed by atoms with E-state index in [1.54, 1.807) is 0 Å². The van der Waals surface area contributed by atoms with Gasteiger partial charge in [-0.05, 0) is 49.4 Å². The highest BCUT2D eigenvalue weighted by atomic mass is 15.4. The lowest BCUT2D eigenvalue weighted by Crippen LogP contribution is -2.09. The Balaban J connectivity index is 1.96. The molecule has 2 N–H and O–H groups in total. The van der Waals surface area contributed by atoms with Crippen LogP contribution in [0.3, 0.4) is 0 Å². The van der Waals surface area contributed by atoms with E-state index in [1.807, 2.05) is 10.7 Å². The lowest BCUT2D eigenvalue weighted by atomic mass is 10.1. The molecular weight excluding hydrogens is 284 g/mol. The molecule has 23 heavy (non-hydrogen) atoms. The zero-order chi connectivity index (χ0) is 16.2. The Hall–Kier alpha value is -2.46. The number of hydrogen-bond donors (Lipinski definition) is 1. The fourth-order valence-corrected chi connectivity index (χ4v) is 2.81. The minimum atomic E-state index is 0.412. The van der Waals surface area contributed by atoms with Crippen LogP contribution in [0.1, 0.15) is 28.1 Å². The lowest BCUT2D eigenvalue weighted by molar-refractivity contribution is 0.747. The van der Waals surface area contributed by atoms with E-state index in [0.717, 1.165) is 29.9 Å². The van der Waals surface area contributed by atoms with Crippen LogP contribution in [0, 0.1) is 13.8 Å². The molecule has 4 heteroatoms. The molecule has 3 rings (SSSR count). The van der Waals surface area contributed by atoms with Crippen molar-refractivity contribution in [3.63, 3.8) is 0 Å². The summed E-state index contributed by atoms with van der Waals surface area (Å²) in [6, 6.07) is 16.7. The molecule has 0 aliphatic rings. The summed E-state index contributed by atoms with van der Waals surface area (Å²) in [5.41, 5.74) is 12.7. The molecule has 0 unspecified atom stereocenters. The Labute approximate surface area is 137 Å². The van der Waals surface area contributed by atoms with Crippen molar-refractivity contribution in [3.05, 3.63) is 76.6 Å². The molecule has 2 aromatic carbocycles. The van der Waals surface area contributed by atoms with Gasteiger partial charge in [0.1, 0.15) is 0 Å². The molecule has 0 amide bonds. The molecule has 0 saturated carbocycles. The Kier molecular flexibility index (Phi) is 4.53. The summed E-state index contributed by atoms with van der Waals surface area (Å²) in [5.74, 6) is 0. The first-order chi connectivity index (χ1) is 11.2. The first kappa shape index (κ1) is 15.4. The standard InChI is InChI=1S/C19H22N4/c1-14-7-6-10-18(15(14)2)23-19(17(13-20)21-22-23)12-11-16-8-4-3-5-9-16/h3-10H,11-13,20H2,1-2H3. The molecule has 0 fully saturated rings. The minimum Gasteiger partial charge on any atom is -0.325 e. The summed E-state index contributed by atoms with van der Waals surface area (Å²) in [6.45, 7) is 4.65. The number of hydrogen-bond acceptors (Lipinski definition) is 3. The number of aromatic nitrogens is 3. The van der Waals surface area contributed by atoms with Gasteiger partial charge in [-0.15, -0.1) is 5.10 Å². The second-order valence-electron chi connectivity index (χ2n) is 5.80. The van der Waals surface area contributed by atoms with E-state index >= 15 is 0 Å². The third kappa shape index (κ3) is 3.17. The summed E-state index contributed by atoms with van der Waals surface area (Å²) in [4.78, 5) is 0. The van der Waals surface area contributed by atoms with Crippen molar-refractivity contribution in [3.8, 4) is 5.69 Å². The van der Waals surface area contributed by atoms with Crippen LogP contribution in [0.2, 0.25) is 0 Å². The molecule has 0 aliphatic heterocycles. The highest BCUT2D eigenvalue weighted by Crippen LogP contribution is 2.20. The van der Waals surface area contributed by atoms with Crippen LogP contribution in [-0.4, -0.2) is 15.0 Å². The molecule has 0 aliphatic carbocycles. The van der Waals surface area contributed by atoms with E-state index < -0.39 is 0 Å². The van der Waals surface area contributed by atoms with Gasteiger partial charge in [-0.1, -0.05) is 47.7 Å². The maximum Gasteiger partial charge on any atom is 0.0999 e. The van der Waals surface area contributed by atoms with Crippen LogP contribution >= 0.6 is 0 Å². The van der Waals surface area contributed by atoms with Crippen LogP contribution in [0.5, 0.6) is 0 Å². The summed E-state index contributed by atoms with van der Waals surface area (Å²) < 4.78 is 1.95. The molecule has 0 bridgehead atoms. The third-order valence-electron chi connectivity index (χ3n) is 4.33. The molecular formula is C19H22N4. The van der Waals surface area contributed by atoms with Crippen molar-refractivity contribution < 1.29 is 0 Å². The van der Waals surface area contributed by atoms with Crippen molar-refractivity contribution in [2.24, 2.45) is 5.73 Å². The average molecular weight is 306 g/mol. The van der Waals surface area contributed by atoms with Gasteiger partial charge in [-0.25, -0.2) is 4.68 Å². The Morgan fingerprint density at radius 3 is 2.48 bits per heavy atom. The maximum absolute atomic E-state index is 5.86. The van der Waals surface area contributed by atoms with Crippen LogP contribution in [0.15, 0.2) is 48.5 Å². The summed E-state index contributed by atoms with van der Waals surface area (Å²) in [5, 5.41) is 8.64. The van der Waals surface area contributed by atoms with Crippen molar-refractivity contribution in [1.29, 1.82) is 0 Å². The normalized spacial score (nSPS) is 10.9. The smallest absolute Gasteiger partial charge is 0.0999 e. The van der Waals surface area contributed by atoms with Gasteiger partial charge < -0.3 is 5.73 Å². The predicted molar refractivity (Wildman–Crippen MR) is 92.6 cm³/mol. The van der Waals surface area contributed by atoms with Gasteiger partial charge in [0.2, 0.25) is 0 Å². The van der Waals surface area contributed by atoms with Crippen molar-refractivity contribution in [1.82, 2.24) is 15.0 Å². The van der Waals surface area contributed by atoms with Crippen molar-refractivity contribution in [2.75, 3.05) is 0 Å². The molecule has 118 valence electrons. The highest BCUT2D eigenvalue weighted by Gasteiger charge is 2.15. The van der Waals surface area contributed by atoms with Gasteiger partial charge in [-0.2, -0.15) is 0 Å².